The van der Waals surface area contributed by atoms with Crippen LogP contribution in [0, 0.1) is 6.92 Å². The number of para-hydroxylation sites is 1. The molecule has 2 aromatic rings. The Kier molecular flexibility index (Phi) is 5.63. The van der Waals surface area contributed by atoms with Gasteiger partial charge in [0.05, 0.1) is 6.21 Å². The topological polar surface area (TPSA) is 70.6 Å². The lowest BCUT2D eigenvalue weighted by molar-refractivity contribution is -0.136. The molecule has 0 spiro atoms. The molecule has 5 heteroatoms. The lowest BCUT2D eigenvalue weighted by Crippen LogP contribution is -2.32. The Hall–Kier alpha value is -2.95. The van der Waals surface area contributed by atoms with Crippen LogP contribution in [0.15, 0.2) is 53.6 Å². The standard InChI is InChI=1S/C18H19N3O2/c1-3-15-6-4-5-7-16(15)20-17(22)18(23)21-19-12-14-10-8-13(2)9-11-14/h4-12H,3H2,1-2H3,(H,20,22)(H,21,23)/b19-12+. The third-order valence-corrected chi connectivity index (χ3v) is 3.31. The van der Waals surface area contributed by atoms with Crippen LogP contribution in [0.2, 0.25) is 0 Å². The summed E-state index contributed by atoms with van der Waals surface area (Å²) in [5.41, 5.74) is 5.81. The zero-order valence-corrected chi connectivity index (χ0v) is 13.2. The monoisotopic (exact) mass is 309 g/mol. The fraction of sp³-hybridized carbons (Fsp3) is 0.167. The minimum atomic E-state index is -0.806. The van der Waals surface area contributed by atoms with Gasteiger partial charge in [-0.15, -0.1) is 0 Å². The molecule has 0 saturated carbocycles. The predicted octanol–water partition coefficient (Wildman–Crippen LogP) is 2.65. The third kappa shape index (κ3) is 4.78. The number of carbonyl (C=O) groups is 2. The minimum absolute atomic E-state index is 0.637. The largest absolute Gasteiger partial charge is 0.329 e. The Morgan fingerprint density at radius 1 is 1.04 bits per heavy atom. The van der Waals surface area contributed by atoms with Gasteiger partial charge in [-0.05, 0) is 30.5 Å². The summed E-state index contributed by atoms with van der Waals surface area (Å²) in [6.45, 7) is 3.97. The molecule has 0 aliphatic carbocycles. The number of anilines is 1. The maximum absolute atomic E-state index is 11.9. The van der Waals surface area contributed by atoms with E-state index in [2.05, 4.69) is 15.8 Å². The highest BCUT2D eigenvalue weighted by Crippen LogP contribution is 2.15. The number of carbonyl (C=O) groups excluding carboxylic acids is 2. The molecule has 5 nitrogen and oxygen atoms in total. The van der Waals surface area contributed by atoms with Crippen molar-refractivity contribution in [2.75, 3.05) is 5.32 Å². The van der Waals surface area contributed by atoms with Gasteiger partial charge < -0.3 is 5.32 Å². The van der Waals surface area contributed by atoms with E-state index in [-0.39, 0.29) is 0 Å². The van der Waals surface area contributed by atoms with Gasteiger partial charge in [0.15, 0.2) is 0 Å². The number of rotatable bonds is 4. The molecule has 0 fully saturated rings. The van der Waals surface area contributed by atoms with Gasteiger partial charge >= 0.3 is 11.8 Å². The second-order valence-electron chi connectivity index (χ2n) is 5.07. The van der Waals surface area contributed by atoms with Gasteiger partial charge in [-0.2, -0.15) is 5.10 Å². The van der Waals surface area contributed by atoms with E-state index in [1.165, 1.54) is 6.21 Å². The number of amides is 2. The zero-order valence-electron chi connectivity index (χ0n) is 13.2. The molecule has 118 valence electrons. The number of benzene rings is 2. The molecule has 2 amide bonds. The van der Waals surface area contributed by atoms with E-state index in [0.717, 1.165) is 23.1 Å². The Bertz CT molecular complexity index is 721. The normalized spacial score (nSPS) is 10.5. The van der Waals surface area contributed by atoms with Crippen molar-refractivity contribution in [1.82, 2.24) is 5.43 Å². The van der Waals surface area contributed by atoms with E-state index in [1.54, 1.807) is 6.07 Å². The van der Waals surface area contributed by atoms with E-state index in [0.29, 0.717) is 5.69 Å². The van der Waals surface area contributed by atoms with Crippen LogP contribution >= 0.6 is 0 Å². The van der Waals surface area contributed by atoms with E-state index in [9.17, 15) is 9.59 Å². The average molecular weight is 309 g/mol. The summed E-state index contributed by atoms with van der Waals surface area (Å²) in [4.78, 5) is 23.6. The minimum Gasteiger partial charge on any atom is -0.317 e. The first-order valence-electron chi connectivity index (χ1n) is 7.39. The molecule has 0 radical (unpaired) electrons. The van der Waals surface area contributed by atoms with Gasteiger partial charge in [-0.1, -0.05) is 55.0 Å². The summed E-state index contributed by atoms with van der Waals surface area (Å²) in [7, 11) is 0. The first-order valence-corrected chi connectivity index (χ1v) is 7.39. The molecule has 0 saturated heterocycles. The summed E-state index contributed by atoms with van der Waals surface area (Å²) >= 11 is 0. The lowest BCUT2D eigenvalue weighted by atomic mass is 10.1. The first kappa shape index (κ1) is 16.4. The second kappa shape index (κ2) is 7.89. The highest BCUT2D eigenvalue weighted by Gasteiger charge is 2.14. The van der Waals surface area contributed by atoms with Crippen molar-refractivity contribution in [2.24, 2.45) is 5.10 Å². The van der Waals surface area contributed by atoms with Crippen LogP contribution in [0.4, 0.5) is 5.69 Å². The zero-order chi connectivity index (χ0) is 16.7. The van der Waals surface area contributed by atoms with Gasteiger partial charge in [0.2, 0.25) is 0 Å². The molecular formula is C18H19N3O2. The summed E-state index contributed by atoms with van der Waals surface area (Å²) in [5, 5.41) is 6.38. The number of hydrogen-bond acceptors (Lipinski definition) is 3. The van der Waals surface area contributed by atoms with Gasteiger partial charge in [-0.25, -0.2) is 5.43 Å². The summed E-state index contributed by atoms with van der Waals surface area (Å²) in [6, 6.07) is 15.0. The van der Waals surface area contributed by atoms with Crippen molar-refractivity contribution in [3.05, 3.63) is 65.2 Å². The average Bonchev–Trinajstić information content (AvgIpc) is 2.57. The molecule has 0 aliphatic heterocycles. The van der Waals surface area contributed by atoms with Crippen LogP contribution in [0.1, 0.15) is 23.6 Å². The summed E-state index contributed by atoms with van der Waals surface area (Å²) in [5.74, 6) is -1.55. The van der Waals surface area contributed by atoms with Crippen molar-refractivity contribution in [1.29, 1.82) is 0 Å². The van der Waals surface area contributed by atoms with Crippen molar-refractivity contribution in [2.45, 2.75) is 20.3 Å². The molecule has 0 atom stereocenters. The number of hydrogen-bond donors (Lipinski definition) is 2. The number of hydrazone groups is 1. The molecule has 2 aromatic carbocycles. The highest BCUT2D eigenvalue weighted by atomic mass is 16.2. The quantitative estimate of drug-likeness (QED) is 0.518. The Morgan fingerprint density at radius 3 is 2.43 bits per heavy atom. The van der Waals surface area contributed by atoms with Gasteiger partial charge in [0.1, 0.15) is 0 Å². The molecule has 0 aliphatic rings. The van der Waals surface area contributed by atoms with Gasteiger partial charge in [0.25, 0.3) is 0 Å². The fourth-order valence-corrected chi connectivity index (χ4v) is 2.00. The smallest absolute Gasteiger partial charge is 0.317 e. The van der Waals surface area contributed by atoms with Crippen LogP contribution in [0.25, 0.3) is 0 Å². The van der Waals surface area contributed by atoms with Crippen molar-refractivity contribution in [3.8, 4) is 0 Å². The molecule has 0 bridgehead atoms. The van der Waals surface area contributed by atoms with Gasteiger partial charge in [-0.3, -0.25) is 9.59 Å². The first-order chi connectivity index (χ1) is 11.1. The van der Waals surface area contributed by atoms with E-state index >= 15 is 0 Å². The number of nitrogens with one attached hydrogen (secondary N) is 2. The summed E-state index contributed by atoms with van der Waals surface area (Å²) in [6.07, 6.45) is 2.26. The third-order valence-electron chi connectivity index (χ3n) is 3.31. The van der Waals surface area contributed by atoms with E-state index in [1.807, 2.05) is 56.3 Å². The maximum Gasteiger partial charge on any atom is 0.329 e. The van der Waals surface area contributed by atoms with Crippen molar-refractivity contribution in [3.63, 3.8) is 0 Å². The number of nitrogens with zero attached hydrogens (tertiary/aromatic N) is 1. The fourth-order valence-electron chi connectivity index (χ4n) is 2.00. The predicted molar refractivity (Wildman–Crippen MR) is 91.4 cm³/mol. The Morgan fingerprint density at radius 2 is 1.74 bits per heavy atom. The van der Waals surface area contributed by atoms with Crippen LogP contribution in [-0.2, 0) is 16.0 Å². The van der Waals surface area contributed by atoms with Crippen LogP contribution in [0.5, 0.6) is 0 Å². The maximum atomic E-state index is 11.9. The molecular weight excluding hydrogens is 290 g/mol. The summed E-state index contributed by atoms with van der Waals surface area (Å²) < 4.78 is 0. The molecule has 2 N–H and O–H groups in total. The molecule has 0 unspecified atom stereocenters. The van der Waals surface area contributed by atoms with Gasteiger partial charge in [0, 0.05) is 5.69 Å². The van der Waals surface area contributed by atoms with E-state index < -0.39 is 11.8 Å². The Balaban J connectivity index is 1.92. The second-order valence-corrected chi connectivity index (χ2v) is 5.07. The van der Waals surface area contributed by atoms with Crippen LogP contribution in [0.3, 0.4) is 0 Å². The number of aryl methyl sites for hydroxylation is 2. The molecule has 0 heterocycles. The highest BCUT2D eigenvalue weighted by molar-refractivity contribution is 6.39. The van der Waals surface area contributed by atoms with Crippen LogP contribution in [-0.4, -0.2) is 18.0 Å². The SMILES string of the molecule is CCc1ccccc1NC(=O)C(=O)N/N=C/c1ccc(C)cc1. The van der Waals surface area contributed by atoms with Crippen LogP contribution < -0.4 is 10.7 Å². The molecule has 2 rings (SSSR count). The lowest BCUT2D eigenvalue weighted by Gasteiger charge is -2.08. The molecule has 0 aromatic heterocycles. The molecule has 23 heavy (non-hydrogen) atoms. The Labute approximate surface area is 135 Å². The van der Waals surface area contributed by atoms with Crippen molar-refractivity contribution < 1.29 is 9.59 Å². The van der Waals surface area contributed by atoms with E-state index in [4.69, 9.17) is 0 Å². The van der Waals surface area contributed by atoms with Crippen molar-refractivity contribution >= 4 is 23.7 Å².